The third-order valence-corrected chi connectivity index (χ3v) is 2.31. The van der Waals surface area contributed by atoms with Gasteiger partial charge in [-0.25, -0.2) is 0 Å². The molecule has 1 aromatic carbocycles. The Bertz CT molecular complexity index is 543. The second-order valence-electron chi connectivity index (χ2n) is 4.07. The highest BCUT2D eigenvalue weighted by Gasteiger charge is 2.16. The molecular formula is C12H13F2N3O2. The fraction of sp³-hybridized carbons (Fsp3) is 0.333. The number of alkyl halides is 2. The molecule has 2 aromatic rings. The summed E-state index contributed by atoms with van der Waals surface area (Å²) in [5, 5.41) is 3.74. The second-order valence-corrected chi connectivity index (χ2v) is 4.07. The van der Waals surface area contributed by atoms with Crippen LogP contribution in [0.15, 0.2) is 28.8 Å². The summed E-state index contributed by atoms with van der Waals surface area (Å²) >= 11 is 0. The van der Waals surface area contributed by atoms with Gasteiger partial charge >= 0.3 is 6.61 Å². The van der Waals surface area contributed by atoms with Crippen molar-refractivity contribution in [2.75, 3.05) is 0 Å². The maximum Gasteiger partial charge on any atom is 0.387 e. The zero-order chi connectivity index (χ0) is 13.8. The normalized spacial score (nSPS) is 12.7. The number of hydrogen-bond donors (Lipinski definition) is 1. The predicted octanol–water partition coefficient (Wildman–Crippen LogP) is 2.23. The molecule has 2 rings (SSSR count). The van der Waals surface area contributed by atoms with Crippen molar-refractivity contribution in [3.8, 4) is 17.2 Å². The Kier molecular flexibility index (Phi) is 4.06. The minimum atomic E-state index is -2.91. The van der Waals surface area contributed by atoms with Crippen molar-refractivity contribution in [2.24, 2.45) is 5.73 Å². The molecule has 7 heteroatoms. The third-order valence-electron chi connectivity index (χ3n) is 2.31. The second kappa shape index (κ2) is 5.75. The van der Waals surface area contributed by atoms with Crippen LogP contribution in [-0.2, 0) is 6.42 Å². The molecule has 5 nitrogen and oxygen atoms in total. The van der Waals surface area contributed by atoms with Crippen LogP contribution in [0.1, 0.15) is 12.7 Å². The van der Waals surface area contributed by atoms with Crippen LogP contribution in [0.2, 0.25) is 0 Å². The predicted molar refractivity (Wildman–Crippen MR) is 63.7 cm³/mol. The first-order valence-corrected chi connectivity index (χ1v) is 5.68. The maximum absolute atomic E-state index is 12.3. The van der Waals surface area contributed by atoms with Crippen LogP contribution in [0.3, 0.4) is 0 Å². The first-order chi connectivity index (χ1) is 9.06. The monoisotopic (exact) mass is 269 g/mol. The van der Waals surface area contributed by atoms with E-state index in [2.05, 4.69) is 14.9 Å². The summed E-state index contributed by atoms with van der Waals surface area (Å²) in [4.78, 5) is 4.11. The molecule has 0 spiro atoms. The summed E-state index contributed by atoms with van der Waals surface area (Å²) in [5.41, 5.74) is 5.95. The van der Waals surface area contributed by atoms with E-state index in [1.54, 1.807) is 18.2 Å². The molecule has 0 aliphatic rings. The average molecular weight is 269 g/mol. The zero-order valence-electron chi connectivity index (χ0n) is 10.2. The Morgan fingerprint density at radius 3 is 2.79 bits per heavy atom. The number of benzene rings is 1. The largest absolute Gasteiger partial charge is 0.434 e. The molecule has 0 saturated carbocycles. The van der Waals surface area contributed by atoms with Crippen molar-refractivity contribution >= 4 is 0 Å². The highest BCUT2D eigenvalue weighted by atomic mass is 19.3. The quantitative estimate of drug-likeness (QED) is 0.900. The highest BCUT2D eigenvalue weighted by molar-refractivity contribution is 5.62. The molecule has 0 radical (unpaired) electrons. The first-order valence-electron chi connectivity index (χ1n) is 5.68. The van der Waals surface area contributed by atoms with E-state index in [1.165, 1.54) is 6.07 Å². The van der Waals surface area contributed by atoms with E-state index < -0.39 is 6.61 Å². The van der Waals surface area contributed by atoms with E-state index in [1.807, 2.05) is 6.92 Å². The fourth-order valence-corrected chi connectivity index (χ4v) is 1.58. The van der Waals surface area contributed by atoms with Crippen LogP contribution in [0.5, 0.6) is 5.75 Å². The van der Waals surface area contributed by atoms with Gasteiger partial charge in [-0.3, -0.25) is 0 Å². The molecule has 1 unspecified atom stereocenters. The van der Waals surface area contributed by atoms with Gasteiger partial charge in [-0.15, -0.1) is 0 Å². The van der Waals surface area contributed by atoms with Gasteiger partial charge in [0.1, 0.15) is 5.75 Å². The molecular weight excluding hydrogens is 256 g/mol. The van der Waals surface area contributed by atoms with E-state index in [-0.39, 0.29) is 17.7 Å². The molecule has 1 atom stereocenters. The first kappa shape index (κ1) is 13.4. The zero-order valence-corrected chi connectivity index (χ0v) is 10.2. The van der Waals surface area contributed by atoms with Gasteiger partial charge in [-0.05, 0) is 19.1 Å². The van der Waals surface area contributed by atoms with Crippen molar-refractivity contribution in [2.45, 2.75) is 26.0 Å². The number of rotatable bonds is 5. The summed E-state index contributed by atoms with van der Waals surface area (Å²) in [5.74, 6) is 0.553. The van der Waals surface area contributed by atoms with Gasteiger partial charge < -0.3 is 15.0 Å². The van der Waals surface area contributed by atoms with Crippen LogP contribution in [0.4, 0.5) is 8.78 Å². The van der Waals surface area contributed by atoms with Gasteiger partial charge in [0.25, 0.3) is 5.89 Å². The molecule has 0 aliphatic heterocycles. The molecule has 0 amide bonds. The van der Waals surface area contributed by atoms with Gasteiger partial charge in [-0.1, -0.05) is 17.3 Å². The minimum absolute atomic E-state index is 0.00602. The van der Waals surface area contributed by atoms with E-state index in [9.17, 15) is 8.78 Å². The molecule has 0 fully saturated rings. The Morgan fingerprint density at radius 2 is 2.11 bits per heavy atom. The van der Waals surface area contributed by atoms with Crippen molar-refractivity contribution < 1.29 is 18.0 Å². The standard InChI is InChI=1S/C12H13F2N3O2/c1-7(15)6-10-16-11(19-17-10)8-4-2-3-5-9(8)18-12(13)14/h2-5,7,12H,6,15H2,1H3. The topological polar surface area (TPSA) is 74.2 Å². The summed E-state index contributed by atoms with van der Waals surface area (Å²) in [7, 11) is 0. The Balaban J connectivity index is 2.28. The molecule has 0 bridgehead atoms. The number of nitrogens with zero attached hydrogens (tertiary/aromatic N) is 2. The molecule has 0 aliphatic carbocycles. The lowest BCUT2D eigenvalue weighted by molar-refractivity contribution is -0.0495. The fourth-order valence-electron chi connectivity index (χ4n) is 1.58. The molecule has 1 aromatic heterocycles. The molecule has 19 heavy (non-hydrogen) atoms. The lowest BCUT2D eigenvalue weighted by Crippen LogP contribution is -2.18. The highest BCUT2D eigenvalue weighted by Crippen LogP contribution is 2.29. The average Bonchev–Trinajstić information content (AvgIpc) is 2.76. The summed E-state index contributed by atoms with van der Waals surface area (Å²) in [6, 6.07) is 6.12. The van der Waals surface area contributed by atoms with E-state index in [0.29, 0.717) is 17.8 Å². The summed E-state index contributed by atoms with van der Waals surface area (Å²) < 4.78 is 34.0. The van der Waals surface area contributed by atoms with E-state index in [4.69, 9.17) is 10.3 Å². The van der Waals surface area contributed by atoms with Crippen molar-refractivity contribution in [1.82, 2.24) is 10.1 Å². The Morgan fingerprint density at radius 1 is 1.37 bits per heavy atom. The summed E-state index contributed by atoms with van der Waals surface area (Å²) in [6.07, 6.45) is 0.446. The minimum Gasteiger partial charge on any atom is -0.434 e. The molecule has 102 valence electrons. The number of halogens is 2. The van der Waals surface area contributed by atoms with Crippen LogP contribution in [0.25, 0.3) is 11.5 Å². The number of ether oxygens (including phenoxy) is 1. The smallest absolute Gasteiger partial charge is 0.387 e. The third kappa shape index (κ3) is 3.47. The number of nitrogens with two attached hydrogens (primary N) is 1. The lowest BCUT2D eigenvalue weighted by atomic mass is 10.2. The van der Waals surface area contributed by atoms with Crippen LogP contribution < -0.4 is 10.5 Å². The van der Waals surface area contributed by atoms with Crippen molar-refractivity contribution in [3.63, 3.8) is 0 Å². The van der Waals surface area contributed by atoms with E-state index >= 15 is 0 Å². The Hall–Kier alpha value is -2.02. The number of aromatic nitrogens is 2. The lowest BCUT2D eigenvalue weighted by Gasteiger charge is -2.06. The van der Waals surface area contributed by atoms with Gasteiger partial charge in [0.2, 0.25) is 0 Å². The van der Waals surface area contributed by atoms with Crippen LogP contribution >= 0.6 is 0 Å². The Labute approximate surface area is 108 Å². The van der Waals surface area contributed by atoms with Crippen LogP contribution in [-0.4, -0.2) is 22.8 Å². The number of para-hydroxylation sites is 1. The number of hydrogen-bond acceptors (Lipinski definition) is 5. The van der Waals surface area contributed by atoms with Gasteiger partial charge in [0, 0.05) is 12.5 Å². The van der Waals surface area contributed by atoms with Gasteiger partial charge in [0.05, 0.1) is 5.56 Å². The molecule has 2 N–H and O–H groups in total. The summed E-state index contributed by atoms with van der Waals surface area (Å²) in [6.45, 7) is -1.10. The van der Waals surface area contributed by atoms with Crippen molar-refractivity contribution in [3.05, 3.63) is 30.1 Å². The van der Waals surface area contributed by atoms with Gasteiger partial charge in [0.15, 0.2) is 5.82 Å². The van der Waals surface area contributed by atoms with Gasteiger partial charge in [-0.2, -0.15) is 13.8 Å². The van der Waals surface area contributed by atoms with Crippen LogP contribution in [0, 0.1) is 0 Å². The molecule has 0 saturated heterocycles. The van der Waals surface area contributed by atoms with Crippen molar-refractivity contribution in [1.29, 1.82) is 0 Å². The maximum atomic E-state index is 12.3. The molecule has 1 heterocycles. The SMILES string of the molecule is CC(N)Cc1noc(-c2ccccc2OC(F)F)n1. The van der Waals surface area contributed by atoms with E-state index in [0.717, 1.165) is 0 Å².